The maximum atomic E-state index is 13.1. The smallest absolute Gasteiger partial charge is 0.295 e. The normalized spacial score (nSPS) is 22.7. The topological polar surface area (TPSA) is 76.1 Å². The van der Waals surface area contributed by atoms with Crippen LogP contribution < -0.4 is 4.74 Å². The number of aliphatic hydroxyl groups is 1. The lowest BCUT2D eigenvalue weighted by Gasteiger charge is -2.27. The Morgan fingerprint density at radius 3 is 2.47 bits per heavy atom. The first kappa shape index (κ1) is 22.1. The summed E-state index contributed by atoms with van der Waals surface area (Å²) in [5.74, 6) is -0.368. The molecule has 2 atom stereocenters. The molecule has 0 bridgehead atoms. The minimum absolute atomic E-state index is 0.100. The molecule has 6 heteroatoms. The predicted octanol–water partition coefficient (Wildman–Crippen LogP) is 4.32. The number of likely N-dealkylation sites (tertiary alicyclic amines) is 1. The van der Waals surface area contributed by atoms with Crippen molar-refractivity contribution in [1.29, 1.82) is 0 Å². The number of amides is 1. The third kappa shape index (κ3) is 4.55. The van der Waals surface area contributed by atoms with Crippen molar-refractivity contribution in [2.45, 2.75) is 38.8 Å². The van der Waals surface area contributed by atoms with Gasteiger partial charge in [0.15, 0.2) is 0 Å². The summed E-state index contributed by atoms with van der Waals surface area (Å²) in [6.45, 7) is 5.71. The molecule has 168 valence electrons. The molecule has 0 spiro atoms. The number of carbonyl (C=O) groups is 2. The summed E-state index contributed by atoms with van der Waals surface area (Å²) in [6.07, 6.45) is 1.69. The molecule has 32 heavy (non-hydrogen) atoms. The van der Waals surface area contributed by atoms with Crippen LogP contribution in [0.25, 0.3) is 5.76 Å². The molecule has 2 aliphatic heterocycles. The van der Waals surface area contributed by atoms with Gasteiger partial charge in [-0.2, -0.15) is 0 Å². The number of hydrogen-bond acceptors (Lipinski definition) is 5. The van der Waals surface area contributed by atoms with Crippen LogP contribution in [0.5, 0.6) is 5.75 Å². The number of aliphatic hydroxyl groups excluding tert-OH is 1. The van der Waals surface area contributed by atoms with Gasteiger partial charge >= 0.3 is 0 Å². The maximum Gasteiger partial charge on any atom is 0.295 e. The fourth-order valence-electron chi connectivity index (χ4n) is 4.19. The van der Waals surface area contributed by atoms with E-state index in [-0.39, 0.29) is 17.4 Å². The fraction of sp³-hybridized carbons (Fsp3) is 0.385. The lowest BCUT2D eigenvalue weighted by Crippen LogP contribution is -2.36. The van der Waals surface area contributed by atoms with Gasteiger partial charge in [0, 0.05) is 18.7 Å². The Morgan fingerprint density at radius 2 is 1.84 bits per heavy atom. The van der Waals surface area contributed by atoms with Gasteiger partial charge in [0.25, 0.3) is 11.7 Å². The van der Waals surface area contributed by atoms with Crippen molar-refractivity contribution < 1.29 is 24.2 Å². The molecule has 2 aromatic carbocycles. The highest BCUT2D eigenvalue weighted by Crippen LogP contribution is 2.40. The fourth-order valence-corrected chi connectivity index (χ4v) is 4.19. The molecule has 4 rings (SSSR count). The molecule has 0 radical (unpaired) electrons. The van der Waals surface area contributed by atoms with Gasteiger partial charge in [-0.05, 0) is 48.6 Å². The molecular weight excluding hydrogens is 406 g/mol. The Kier molecular flexibility index (Phi) is 6.61. The first-order chi connectivity index (χ1) is 15.5. The monoisotopic (exact) mass is 435 g/mol. The van der Waals surface area contributed by atoms with Crippen molar-refractivity contribution in [3.05, 3.63) is 71.3 Å². The van der Waals surface area contributed by atoms with E-state index in [9.17, 15) is 14.7 Å². The lowest BCUT2D eigenvalue weighted by molar-refractivity contribution is -0.140. The number of rotatable bonds is 7. The Balaban J connectivity index is 1.70. The van der Waals surface area contributed by atoms with Gasteiger partial charge in [-0.1, -0.05) is 44.2 Å². The summed E-state index contributed by atoms with van der Waals surface area (Å²) in [5, 5.41) is 11.1. The standard InChI is InChI=1S/C26H29NO5/c1-17(2)16-32-20-12-10-19(11-13-20)24(28)22-23(18-7-4-3-5-8-18)27(26(30)25(22)29)15-21-9-6-14-31-21/h3-5,7-8,10-13,17,21,23,28H,6,9,14-16H2,1-2H3/b24-22-. The highest BCUT2D eigenvalue weighted by Gasteiger charge is 2.46. The largest absolute Gasteiger partial charge is 0.507 e. The van der Waals surface area contributed by atoms with Gasteiger partial charge in [0.2, 0.25) is 0 Å². The van der Waals surface area contributed by atoms with E-state index < -0.39 is 17.7 Å². The van der Waals surface area contributed by atoms with Crippen LogP contribution in [0, 0.1) is 5.92 Å². The van der Waals surface area contributed by atoms with Crippen LogP contribution >= 0.6 is 0 Å². The number of carbonyl (C=O) groups excluding carboxylic acids is 2. The highest BCUT2D eigenvalue weighted by atomic mass is 16.5. The van der Waals surface area contributed by atoms with Crippen LogP contribution in [-0.2, 0) is 14.3 Å². The van der Waals surface area contributed by atoms with Crippen LogP contribution in [0.2, 0.25) is 0 Å². The van der Waals surface area contributed by atoms with Gasteiger partial charge in [0.1, 0.15) is 11.5 Å². The van der Waals surface area contributed by atoms with Crippen LogP contribution in [0.15, 0.2) is 60.2 Å². The van der Waals surface area contributed by atoms with Gasteiger partial charge in [-0.25, -0.2) is 0 Å². The zero-order valence-corrected chi connectivity index (χ0v) is 18.5. The van der Waals surface area contributed by atoms with Crippen molar-refractivity contribution in [3.63, 3.8) is 0 Å². The van der Waals surface area contributed by atoms with Crippen molar-refractivity contribution in [1.82, 2.24) is 4.90 Å². The van der Waals surface area contributed by atoms with E-state index in [4.69, 9.17) is 9.47 Å². The zero-order valence-electron chi connectivity index (χ0n) is 18.5. The first-order valence-electron chi connectivity index (χ1n) is 11.1. The second kappa shape index (κ2) is 9.57. The zero-order chi connectivity index (χ0) is 22.7. The van der Waals surface area contributed by atoms with E-state index in [0.29, 0.717) is 37.0 Å². The number of hydrogen-bond donors (Lipinski definition) is 1. The average Bonchev–Trinajstić information content (AvgIpc) is 3.40. The molecular formula is C26H29NO5. The van der Waals surface area contributed by atoms with Gasteiger partial charge < -0.3 is 19.5 Å². The van der Waals surface area contributed by atoms with Gasteiger partial charge in [0.05, 0.1) is 24.3 Å². The number of ketones is 1. The second-order valence-corrected chi connectivity index (χ2v) is 8.73. The Bertz CT molecular complexity index is 991. The third-order valence-electron chi connectivity index (χ3n) is 5.79. The molecule has 2 saturated heterocycles. The van der Waals surface area contributed by atoms with Crippen molar-refractivity contribution in [2.75, 3.05) is 19.8 Å². The van der Waals surface area contributed by atoms with Crippen LogP contribution in [0.4, 0.5) is 0 Å². The molecule has 2 unspecified atom stereocenters. The Morgan fingerprint density at radius 1 is 1.12 bits per heavy atom. The van der Waals surface area contributed by atoms with E-state index in [1.54, 1.807) is 29.2 Å². The number of nitrogens with zero attached hydrogens (tertiary/aromatic N) is 1. The molecule has 1 amide bonds. The van der Waals surface area contributed by atoms with Crippen LogP contribution in [-0.4, -0.2) is 47.6 Å². The molecule has 2 heterocycles. The minimum Gasteiger partial charge on any atom is -0.507 e. The average molecular weight is 436 g/mol. The summed E-state index contributed by atoms with van der Waals surface area (Å²) < 4.78 is 11.4. The number of benzene rings is 2. The molecule has 2 fully saturated rings. The van der Waals surface area contributed by atoms with Crippen LogP contribution in [0.3, 0.4) is 0 Å². The number of Topliss-reactive ketones (excluding diaryl/α,β-unsaturated/α-hetero) is 1. The lowest BCUT2D eigenvalue weighted by atomic mass is 9.95. The molecule has 1 N–H and O–H groups in total. The Labute approximate surface area is 188 Å². The van der Waals surface area contributed by atoms with E-state index in [1.165, 1.54) is 0 Å². The molecule has 0 aliphatic carbocycles. The van der Waals surface area contributed by atoms with E-state index in [1.807, 2.05) is 30.3 Å². The van der Waals surface area contributed by atoms with E-state index >= 15 is 0 Å². The minimum atomic E-state index is -0.672. The predicted molar refractivity (Wildman–Crippen MR) is 121 cm³/mol. The molecule has 2 aliphatic rings. The molecule has 6 nitrogen and oxygen atoms in total. The summed E-state index contributed by atoms with van der Waals surface area (Å²) in [7, 11) is 0. The molecule has 0 aromatic heterocycles. The van der Waals surface area contributed by atoms with E-state index in [0.717, 1.165) is 18.4 Å². The highest BCUT2D eigenvalue weighted by molar-refractivity contribution is 6.46. The second-order valence-electron chi connectivity index (χ2n) is 8.73. The summed E-state index contributed by atoms with van der Waals surface area (Å²) in [4.78, 5) is 27.6. The van der Waals surface area contributed by atoms with Crippen molar-refractivity contribution in [2.24, 2.45) is 5.92 Å². The number of ether oxygens (including phenoxy) is 2. The molecule has 2 aromatic rings. The van der Waals surface area contributed by atoms with Crippen molar-refractivity contribution >= 4 is 17.4 Å². The van der Waals surface area contributed by atoms with Crippen molar-refractivity contribution in [3.8, 4) is 5.75 Å². The van der Waals surface area contributed by atoms with E-state index in [2.05, 4.69) is 13.8 Å². The Hall–Kier alpha value is -3.12. The maximum absolute atomic E-state index is 13.1. The first-order valence-corrected chi connectivity index (χ1v) is 11.1. The summed E-state index contributed by atoms with van der Waals surface area (Å²) >= 11 is 0. The SMILES string of the molecule is CC(C)COc1ccc(/C(O)=C2/C(=O)C(=O)N(CC3CCCO3)C2c2ccccc2)cc1. The summed E-state index contributed by atoms with van der Waals surface area (Å²) in [5.41, 5.74) is 1.36. The van der Waals surface area contributed by atoms with Crippen LogP contribution in [0.1, 0.15) is 43.9 Å². The quantitative estimate of drug-likeness (QED) is 0.398. The summed E-state index contributed by atoms with van der Waals surface area (Å²) in [6, 6.07) is 15.6. The van der Waals surface area contributed by atoms with Gasteiger partial charge in [-0.3, -0.25) is 9.59 Å². The third-order valence-corrected chi connectivity index (χ3v) is 5.79. The molecule has 0 saturated carbocycles. The van der Waals surface area contributed by atoms with Gasteiger partial charge in [-0.15, -0.1) is 0 Å².